The molecule has 0 aliphatic carbocycles. The van der Waals surface area contributed by atoms with Gasteiger partial charge < -0.3 is 15.4 Å². The second-order valence-electron chi connectivity index (χ2n) is 6.73. The number of guanidine groups is 1. The van der Waals surface area contributed by atoms with Crippen molar-refractivity contribution in [1.82, 2.24) is 14.9 Å². The van der Waals surface area contributed by atoms with Crippen molar-refractivity contribution in [3.05, 3.63) is 35.4 Å². The number of sulfonamides is 1. The number of benzene rings is 1. The van der Waals surface area contributed by atoms with Crippen LogP contribution in [0.3, 0.4) is 0 Å². The predicted molar refractivity (Wildman–Crippen MR) is 105 cm³/mol. The Morgan fingerprint density at radius 2 is 1.81 bits per heavy atom. The van der Waals surface area contributed by atoms with E-state index in [1.165, 1.54) is 9.87 Å². The van der Waals surface area contributed by atoms with Crippen molar-refractivity contribution in [3.63, 3.8) is 0 Å². The lowest BCUT2D eigenvalue weighted by atomic mass is 10.1. The number of ether oxygens (including phenoxy) is 1. The molecule has 0 aromatic heterocycles. The second kappa shape index (κ2) is 9.34. The Morgan fingerprint density at radius 3 is 2.38 bits per heavy atom. The summed E-state index contributed by atoms with van der Waals surface area (Å²) in [6, 6.07) is 8.23. The van der Waals surface area contributed by atoms with Crippen LogP contribution < -0.4 is 10.6 Å². The summed E-state index contributed by atoms with van der Waals surface area (Å²) in [7, 11) is -1.65. The summed E-state index contributed by atoms with van der Waals surface area (Å²) >= 11 is 0. The maximum Gasteiger partial charge on any atom is 0.216 e. The first-order chi connectivity index (χ1) is 12.3. The molecule has 26 heavy (non-hydrogen) atoms. The Labute approximate surface area is 156 Å². The monoisotopic (exact) mass is 382 g/mol. The molecule has 1 fully saturated rings. The van der Waals surface area contributed by atoms with E-state index >= 15 is 0 Å². The summed E-state index contributed by atoms with van der Waals surface area (Å²) in [6.45, 7) is 7.59. The third kappa shape index (κ3) is 6.26. The van der Waals surface area contributed by atoms with Crippen LogP contribution in [0.2, 0.25) is 0 Å². The van der Waals surface area contributed by atoms with E-state index in [0.717, 1.165) is 5.56 Å². The lowest BCUT2D eigenvalue weighted by molar-refractivity contribution is -0.0440. The molecule has 7 nitrogen and oxygen atoms in total. The summed E-state index contributed by atoms with van der Waals surface area (Å²) < 4.78 is 32.2. The van der Waals surface area contributed by atoms with Gasteiger partial charge in [0.25, 0.3) is 0 Å². The van der Waals surface area contributed by atoms with Gasteiger partial charge >= 0.3 is 0 Å². The summed E-state index contributed by atoms with van der Waals surface area (Å²) in [5, 5.41) is 6.27. The first-order valence-electron chi connectivity index (χ1n) is 8.93. The van der Waals surface area contributed by atoms with Crippen LogP contribution >= 0.6 is 0 Å². The van der Waals surface area contributed by atoms with Gasteiger partial charge in [-0.2, -0.15) is 4.31 Å². The zero-order valence-corrected chi connectivity index (χ0v) is 16.8. The Bertz CT molecular complexity index is 694. The van der Waals surface area contributed by atoms with Gasteiger partial charge in [0.05, 0.1) is 18.0 Å². The molecule has 0 amide bonds. The number of aliphatic imine (C=N–C) groups is 1. The highest BCUT2D eigenvalue weighted by atomic mass is 32.2. The quantitative estimate of drug-likeness (QED) is 0.569. The Balaban J connectivity index is 1.79. The average Bonchev–Trinajstić information content (AvgIpc) is 2.58. The molecule has 2 atom stereocenters. The summed E-state index contributed by atoms with van der Waals surface area (Å²) in [6.07, 6.45) is -0.157. The highest BCUT2D eigenvalue weighted by Gasteiger charge is 2.30. The van der Waals surface area contributed by atoms with Crippen LogP contribution in [0.5, 0.6) is 0 Å². The van der Waals surface area contributed by atoms with Crippen molar-refractivity contribution in [1.29, 1.82) is 0 Å². The van der Waals surface area contributed by atoms with E-state index in [1.807, 2.05) is 20.8 Å². The highest BCUT2D eigenvalue weighted by Crippen LogP contribution is 2.14. The van der Waals surface area contributed by atoms with Gasteiger partial charge in [0.15, 0.2) is 5.96 Å². The second-order valence-corrected chi connectivity index (χ2v) is 8.82. The number of morpholine rings is 1. The van der Waals surface area contributed by atoms with Crippen molar-refractivity contribution in [2.24, 2.45) is 4.99 Å². The molecule has 0 saturated carbocycles. The number of aryl methyl sites for hydroxylation is 1. The van der Waals surface area contributed by atoms with Crippen molar-refractivity contribution < 1.29 is 13.2 Å². The molecule has 1 heterocycles. The fourth-order valence-corrected chi connectivity index (χ4v) is 4.39. The van der Waals surface area contributed by atoms with E-state index in [9.17, 15) is 8.42 Å². The SMILES string of the molecule is CN=C(NCCS(=O)(=O)N1CC(C)OC(C)C1)NCc1ccc(C)cc1. The molecular formula is C18H30N4O3S. The maximum absolute atomic E-state index is 12.5. The number of rotatable bonds is 6. The lowest BCUT2D eigenvalue weighted by Crippen LogP contribution is -2.50. The summed E-state index contributed by atoms with van der Waals surface area (Å²) in [5.41, 5.74) is 2.36. The third-order valence-electron chi connectivity index (χ3n) is 4.24. The minimum Gasteiger partial charge on any atom is -0.373 e. The number of hydrogen-bond donors (Lipinski definition) is 2. The van der Waals surface area contributed by atoms with Crippen LogP contribution in [0.15, 0.2) is 29.3 Å². The van der Waals surface area contributed by atoms with Gasteiger partial charge in [-0.25, -0.2) is 8.42 Å². The van der Waals surface area contributed by atoms with Gasteiger partial charge in [0.1, 0.15) is 0 Å². The van der Waals surface area contributed by atoms with E-state index in [-0.39, 0.29) is 18.0 Å². The smallest absolute Gasteiger partial charge is 0.216 e. The average molecular weight is 383 g/mol. The molecule has 0 spiro atoms. The van der Waals surface area contributed by atoms with Crippen molar-refractivity contribution in [2.75, 3.05) is 32.4 Å². The van der Waals surface area contributed by atoms with Gasteiger partial charge in [-0.3, -0.25) is 4.99 Å². The molecule has 1 saturated heterocycles. The molecular weight excluding hydrogens is 352 g/mol. The molecule has 2 N–H and O–H groups in total. The van der Waals surface area contributed by atoms with Crippen molar-refractivity contribution in [3.8, 4) is 0 Å². The van der Waals surface area contributed by atoms with Gasteiger partial charge in [0, 0.05) is 33.2 Å². The van der Waals surface area contributed by atoms with Gasteiger partial charge in [-0.05, 0) is 26.3 Å². The summed E-state index contributed by atoms with van der Waals surface area (Å²) in [5.74, 6) is 0.613. The summed E-state index contributed by atoms with van der Waals surface area (Å²) in [4.78, 5) is 4.14. The minimum atomic E-state index is -3.32. The Morgan fingerprint density at radius 1 is 1.19 bits per heavy atom. The van der Waals surface area contributed by atoms with Crippen molar-refractivity contribution >= 4 is 16.0 Å². The standard InChI is InChI=1S/C18H30N4O3S/c1-14-5-7-17(8-6-14)11-21-18(19-4)20-9-10-26(23,24)22-12-15(2)25-16(3)13-22/h5-8,15-16H,9-13H2,1-4H3,(H2,19,20,21). The first kappa shape index (κ1) is 20.7. The molecule has 2 unspecified atom stereocenters. The van der Waals surface area contributed by atoms with Crippen LogP contribution in [0.1, 0.15) is 25.0 Å². The van der Waals surface area contributed by atoms with Gasteiger partial charge in [-0.15, -0.1) is 0 Å². The number of nitrogens with one attached hydrogen (secondary N) is 2. The van der Waals surface area contributed by atoms with E-state index in [1.54, 1.807) is 7.05 Å². The van der Waals surface area contributed by atoms with E-state index in [4.69, 9.17) is 4.74 Å². The Hall–Kier alpha value is -1.64. The van der Waals surface area contributed by atoms with Crippen LogP contribution in [0.25, 0.3) is 0 Å². The molecule has 1 aliphatic heterocycles. The Kier molecular flexibility index (Phi) is 7.43. The van der Waals surface area contributed by atoms with Crippen LogP contribution in [0, 0.1) is 6.92 Å². The van der Waals surface area contributed by atoms with E-state index < -0.39 is 10.0 Å². The predicted octanol–water partition coefficient (Wildman–Crippen LogP) is 1.10. The van der Waals surface area contributed by atoms with Gasteiger partial charge in [0.2, 0.25) is 10.0 Å². The fourth-order valence-electron chi connectivity index (χ4n) is 2.90. The zero-order chi connectivity index (χ0) is 19.2. The molecule has 0 bridgehead atoms. The first-order valence-corrected chi connectivity index (χ1v) is 10.5. The van der Waals surface area contributed by atoms with Crippen LogP contribution in [-0.2, 0) is 21.3 Å². The molecule has 1 aliphatic rings. The largest absolute Gasteiger partial charge is 0.373 e. The third-order valence-corrected chi connectivity index (χ3v) is 6.04. The van der Waals surface area contributed by atoms with Crippen LogP contribution in [-0.4, -0.2) is 63.3 Å². The minimum absolute atomic E-state index is 0.0255. The van der Waals surface area contributed by atoms with Crippen LogP contribution in [0.4, 0.5) is 0 Å². The number of hydrogen-bond acceptors (Lipinski definition) is 4. The maximum atomic E-state index is 12.5. The van der Waals surface area contributed by atoms with Crippen molar-refractivity contribution in [2.45, 2.75) is 39.5 Å². The molecule has 146 valence electrons. The number of nitrogens with zero attached hydrogens (tertiary/aromatic N) is 2. The normalized spacial score (nSPS) is 22.2. The molecule has 1 aromatic rings. The highest BCUT2D eigenvalue weighted by molar-refractivity contribution is 7.89. The topological polar surface area (TPSA) is 83.0 Å². The lowest BCUT2D eigenvalue weighted by Gasteiger charge is -2.34. The zero-order valence-electron chi connectivity index (χ0n) is 16.0. The fraction of sp³-hybridized carbons (Fsp3) is 0.611. The van der Waals surface area contributed by atoms with E-state index in [0.29, 0.717) is 32.1 Å². The molecule has 0 radical (unpaired) electrons. The van der Waals surface area contributed by atoms with Gasteiger partial charge in [-0.1, -0.05) is 29.8 Å². The molecule has 1 aromatic carbocycles. The van der Waals surface area contributed by atoms with E-state index in [2.05, 4.69) is 39.9 Å². The molecule has 8 heteroatoms. The molecule has 2 rings (SSSR count).